The van der Waals surface area contributed by atoms with E-state index in [1.165, 1.54) is 25.7 Å². The van der Waals surface area contributed by atoms with Gasteiger partial charge >= 0.3 is 0 Å². The number of rotatable bonds is 6. The molecule has 2 aliphatic carbocycles. The summed E-state index contributed by atoms with van der Waals surface area (Å²) in [5.74, 6) is 8.53. The highest BCUT2D eigenvalue weighted by Gasteiger charge is 2.53. The summed E-state index contributed by atoms with van der Waals surface area (Å²) in [6.07, 6.45) is 7.93. The minimum absolute atomic E-state index is 0.0187. The largest absolute Gasteiger partial charge is 0.379 e. The van der Waals surface area contributed by atoms with E-state index in [1.807, 2.05) is 0 Å². The lowest BCUT2D eigenvalue weighted by Gasteiger charge is -2.26. The van der Waals surface area contributed by atoms with E-state index in [0.29, 0.717) is 6.04 Å². The molecule has 0 saturated heterocycles. The highest BCUT2D eigenvalue weighted by atomic mass is 16.5. The van der Waals surface area contributed by atoms with Crippen LogP contribution in [-0.4, -0.2) is 18.8 Å². The van der Waals surface area contributed by atoms with Gasteiger partial charge in [-0.05, 0) is 57.3 Å². The van der Waals surface area contributed by atoms with E-state index in [2.05, 4.69) is 19.3 Å². The maximum atomic E-state index is 5.75. The molecule has 0 aliphatic heterocycles. The van der Waals surface area contributed by atoms with Crippen molar-refractivity contribution in [3.05, 3.63) is 0 Å². The van der Waals surface area contributed by atoms with Crippen LogP contribution >= 0.6 is 0 Å². The quantitative estimate of drug-likeness (QED) is 0.554. The minimum atomic E-state index is -0.0187. The predicted molar refractivity (Wildman–Crippen MR) is 70.4 cm³/mol. The fourth-order valence-corrected chi connectivity index (χ4v) is 3.64. The molecule has 2 rings (SSSR count). The lowest BCUT2D eigenvalue weighted by molar-refractivity contribution is 0.0110. The van der Waals surface area contributed by atoms with Gasteiger partial charge < -0.3 is 4.74 Å². The first-order valence-corrected chi connectivity index (χ1v) is 7.10. The van der Waals surface area contributed by atoms with E-state index in [0.717, 1.165) is 30.6 Å². The molecular formula is C14H28N2O. The van der Waals surface area contributed by atoms with Gasteiger partial charge in [-0.25, -0.2) is 0 Å². The highest BCUT2D eigenvalue weighted by molar-refractivity contribution is 5.04. The summed E-state index contributed by atoms with van der Waals surface area (Å²) in [6, 6.07) is 0.498. The molecule has 3 atom stereocenters. The van der Waals surface area contributed by atoms with Crippen LogP contribution in [0.4, 0.5) is 0 Å². The highest BCUT2D eigenvalue weighted by Crippen LogP contribution is 2.57. The zero-order chi connectivity index (χ0) is 12.5. The molecule has 0 aromatic rings. The lowest BCUT2D eigenvalue weighted by atomic mass is 9.96. The van der Waals surface area contributed by atoms with Crippen molar-refractivity contribution in [3.8, 4) is 0 Å². The maximum absolute atomic E-state index is 5.75. The first-order valence-electron chi connectivity index (χ1n) is 7.10. The lowest BCUT2D eigenvalue weighted by Crippen LogP contribution is -2.39. The van der Waals surface area contributed by atoms with E-state index in [4.69, 9.17) is 10.6 Å². The Hall–Kier alpha value is -0.120. The molecule has 17 heavy (non-hydrogen) atoms. The monoisotopic (exact) mass is 240 g/mol. The predicted octanol–water partition coefficient (Wildman–Crippen LogP) is 2.46. The van der Waals surface area contributed by atoms with Crippen molar-refractivity contribution in [3.63, 3.8) is 0 Å². The summed E-state index contributed by atoms with van der Waals surface area (Å²) in [5, 5.41) is 0. The van der Waals surface area contributed by atoms with E-state index >= 15 is 0 Å². The SMILES string of the molecule is COC(C)(C)CCC(NN)C1C2CCCCC21. The Balaban J connectivity index is 1.82. The van der Waals surface area contributed by atoms with Gasteiger partial charge in [-0.2, -0.15) is 0 Å². The molecule has 3 nitrogen and oxygen atoms in total. The number of ether oxygens (including phenoxy) is 1. The van der Waals surface area contributed by atoms with Crippen molar-refractivity contribution in [2.45, 2.75) is 64.0 Å². The molecule has 100 valence electrons. The zero-order valence-electron chi connectivity index (χ0n) is 11.5. The fourth-order valence-electron chi connectivity index (χ4n) is 3.64. The smallest absolute Gasteiger partial charge is 0.0623 e. The minimum Gasteiger partial charge on any atom is -0.379 e. The van der Waals surface area contributed by atoms with Crippen molar-refractivity contribution in [2.75, 3.05) is 7.11 Å². The molecule has 3 N–H and O–H groups in total. The molecule has 0 amide bonds. The Morgan fingerprint density at radius 2 is 1.88 bits per heavy atom. The second-order valence-corrected chi connectivity index (χ2v) is 6.47. The summed E-state index contributed by atoms with van der Waals surface area (Å²) in [4.78, 5) is 0. The fraction of sp³-hybridized carbons (Fsp3) is 1.00. The summed E-state index contributed by atoms with van der Waals surface area (Å²) >= 11 is 0. The average Bonchev–Trinajstić information content (AvgIpc) is 3.05. The summed E-state index contributed by atoms with van der Waals surface area (Å²) in [5.41, 5.74) is 3.04. The molecule has 0 spiro atoms. The van der Waals surface area contributed by atoms with Gasteiger partial charge in [-0.15, -0.1) is 0 Å². The Labute approximate surface area is 105 Å². The van der Waals surface area contributed by atoms with Crippen LogP contribution in [0.2, 0.25) is 0 Å². The number of hydrazine groups is 1. The number of hydrogen-bond donors (Lipinski definition) is 2. The van der Waals surface area contributed by atoms with Crippen LogP contribution in [0.15, 0.2) is 0 Å². The number of methoxy groups -OCH3 is 1. The summed E-state index contributed by atoms with van der Waals surface area (Å²) < 4.78 is 5.48. The van der Waals surface area contributed by atoms with Crippen molar-refractivity contribution in [1.29, 1.82) is 0 Å². The molecule has 0 bridgehead atoms. The van der Waals surface area contributed by atoms with Crippen molar-refractivity contribution >= 4 is 0 Å². The number of fused-ring (bicyclic) bond motifs is 1. The first-order chi connectivity index (χ1) is 8.09. The van der Waals surface area contributed by atoms with Crippen molar-refractivity contribution in [2.24, 2.45) is 23.6 Å². The first kappa shape index (κ1) is 13.3. The van der Waals surface area contributed by atoms with Gasteiger partial charge in [0.1, 0.15) is 0 Å². The molecule has 3 heteroatoms. The molecule has 2 fully saturated rings. The molecule has 0 radical (unpaired) electrons. The van der Waals surface area contributed by atoms with Crippen LogP contribution in [0.5, 0.6) is 0 Å². The van der Waals surface area contributed by atoms with E-state index in [-0.39, 0.29) is 5.60 Å². The average molecular weight is 240 g/mol. The van der Waals surface area contributed by atoms with Gasteiger partial charge in [0.2, 0.25) is 0 Å². The molecule has 2 aliphatic rings. The third-order valence-corrected chi connectivity index (χ3v) is 5.01. The van der Waals surface area contributed by atoms with Crippen molar-refractivity contribution in [1.82, 2.24) is 5.43 Å². The van der Waals surface area contributed by atoms with Gasteiger partial charge in [0.25, 0.3) is 0 Å². The van der Waals surface area contributed by atoms with Crippen molar-refractivity contribution < 1.29 is 4.74 Å². The standard InChI is InChI=1S/C14H28N2O/c1-14(2,17-3)9-8-12(16-15)13-10-6-4-5-7-11(10)13/h10-13,16H,4-9,15H2,1-3H3. The zero-order valence-corrected chi connectivity index (χ0v) is 11.5. The van der Waals surface area contributed by atoms with Crippen LogP contribution < -0.4 is 11.3 Å². The molecule has 3 unspecified atom stereocenters. The van der Waals surface area contributed by atoms with Crippen LogP contribution in [0, 0.1) is 17.8 Å². The third-order valence-electron chi connectivity index (χ3n) is 5.01. The number of nitrogens with two attached hydrogens (primary N) is 1. The summed E-state index contributed by atoms with van der Waals surface area (Å²) in [7, 11) is 1.79. The van der Waals surface area contributed by atoms with Gasteiger partial charge in [0.15, 0.2) is 0 Å². The van der Waals surface area contributed by atoms with Gasteiger partial charge in [-0.3, -0.25) is 11.3 Å². The molecule has 2 saturated carbocycles. The number of nitrogens with one attached hydrogen (secondary N) is 1. The van der Waals surface area contributed by atoms with Gasteiger partial charge in [0.05, 0.1) is 5.60 Å². The second-order valence-electron chi connectivity index (χ2n) is 6.47. The van der Waals surface area contributed by atoms with E-state index < -0.39 is 0 Å². The molecule has 0 heterocycles. The van der Waals surface area contributed by atoms with Crippen LogP contribution in [0.25, 0.3) is 0 Å². The van der Waals surface area contributed by atoms with Crippen LogP contribution in [0.3, 0.4) is 0 Å². The van der Waals surface area contributed by atoms with Crippen LogP contribution in [0.1, 0.15) is 52.4 Å². The molecular weight excluding hydrogens is 212 g/mol. The van der Waals surface area contributed by atoms with Gasteiger partial charge in [-0.1, -0.05) is 12.8 Å². The normalized spacial score (nSPS) is 34.2. The molecule has 0 aromatic carbocycles. The second kappa shape index (κ2) is 5.25. The van der Waals surface area contributed by atoms with E-state index in [9.17, 15) is 0 Å². The number of hydrogen-bond acceptors (Lipinski definition) is 3. The maximum Gasteiger partial charge on any atom is 0.0623 e. The Morgan fingerprint density at radius 3 is 2.35 bits per heavy atom. The third kappa shape index (κ3) is 3.01. The van der Waals surface area contributed by atoms with Gasteiger partial charge in [0, 0.05) is 13.2 Å². The van der Waals surface area contributed by atoms with Crippen LogP contribution in [-0.2, 0) is 4.74 Å². The Morgan fingerprint density at radius 1 is 1.29 bits per heavy atom. The Bertz CT molecular complexity index is 243. The summed E-state index contributed by atoms with van der Waals surface area (Å²) in [6.45, 7) is 4.31. The topological polar surface area (TPSA) is 47.3 Å². The molecule has 0 aromatic heterocycles. The Kier molecular flexibility index (Phi) is 4.11. The van der Waals surface area contributed by atoms with E-state index in [1.54, 1.807) is 7.11 Å².